The molecule has 0 radical (unpaired) electrons. The van der Waals surface area contributed by atoms with Crippen LogP contribution in [-0.2, 0) is 14.3 Å². The van der Waals surface area contributed by atoms with Gasteiger partial charge in [0.05, 0.1) is 30.8 Å². The zero-order valence-electron chi connectivity index (χ0n) is 19.1. The molecule has 1 amide bonds. The number of halogens is 1. The highest BCUT2D eigenvalue weighted by Crippen LogP contribution is 2.46. The van der Waals surface area contributed by atoms with Crippen LogP contribution in [0.1, 0.15) is 44.2 Å². The molecule has 0 saturated carbocycles. The smallest absolute Gasteiger partial charge is 0.338 e. The molecular formula is C24H29ClN4O3S. The number of hydrogen-bond donors (Lipinski definition) is 1. The first kappa shape index (κ1) is 23.9. The van der Waals surface area contributed by atoms with Crippen molar-refractivity contribution in [2.75, 3.05) is 27.2 Å². The minimum absolute atomic E-state index is 0.0486. The van der Waals surface area contributed by atoms with Gasteiger partial charge in [-0.25, -0.2) is 9.79 Å². The predicted molar refractivity (Wildman–Crippen MR) is 132 cm³/mol. The van der Waals surface area contributed by atoms with Gasteiger partial charge >= 0.3 is 5.97 Å². The molecule has 9 heteroatoms. The van der Waals surface area contributed by atoms with Crippen LogP contribution in [0.3, 0.4) is 0 Å². The summed E-state index contributed by atoms with van der Waals surface area (Å²) in [4.78, 5) is 34.5. The fourth-order valence-electron chi connectivity index (χ4n) is 4.68. The maximum Gasteiger partial charge on any atom is 0.338 e. The molecule has 2 atom stereocenters. The Morgan fingerprint density at radius 2 is 2.12 bits per heavy atom. The summed E-state index contributed by atoms with van der Waals surface area (Å²) in [6, 6.07) is 7.45. The second-order valence-electron chi connectivity index (χ2n) is 8.50. The van der Waals surface area contributed by atoms with Crippen LogP contribution in [0.2, 0.25) is 5.02 Å². The molecule has 1 N–H and O–H groups in total. The molecule has 3 aliphatic rings. The Balaban J connectivity index is 1.53. The number of nitrogens with zero attached hydrogens (tertiary/aromatic N) is 3. The Kier molecular flexibility index (Phi) is 7.46. The summed E-state index contributed by atoms with van der Waals surface area (Å²) in [5, 5.41) is 6.26. The minimum atomic E-state index is -0.514. The van der Waals surface area contributed by atoms with E-state index in [9.17, 15) is 9.59 Å². The number of aliphatic imine (C=N–C) groups is 1. The van der Waals surface area contributed by atoms with Crippen LogP contribution in [0.15, 0.2) is 51.6 Å². The molecule has 0 aromatic heterocycles. The molecule has 1 aromatic carbocycles. The third-order valence-corrected chi connectivity index (χ3v) is 7.65. The predicted octanol–water partition coefficient (Wildman–Crippen LogP) is 4.08. The van der Waals surface area contributed by atoms with Crippen molar-refractivity contribution in [2.45, 2.75) is 44.7 Å². The van der Waals surface area contributed by atoms with Crippen molar-refractivity contribution in [3.63, 3.8) is 0 Å². The van der Waals surface area contributed by atoms with Gasteiger partial charge in [-0.1, -0.05) is 41.6 Å². The van der Waals surface area contributed by atoms with E-state index >= 15 is 0 Å². The zero-order chi connectivity index (χ0) is 23.5. The van der Waals surface area contributed by atoms with E-state index in [4.69, 9.17) is 16.3 Å². The highest BCUT2D eigenvalue weighted by Gasteiger charge is 2.41. The number of allylic oxidation sites excluding steroid dienone is 1. The quantitative estimate of drug-likeness (QED) is 0.583. The topological polar surface area (TPSA) is 74.2 Å². The largest absolute Gasteiger partial charge is 0.466 e. The van der Waals surface area contributed by atoms with Crippen LogP contribution < -0.4 is 5.32 Å². The summed E-state index contributed by atoms with van der Waals surface area (Å²) in [6.45, 7) is 3.57. The summed E-state index contributed by atoms with van der Waals surface area (Å²) in [6.07, 6.45) is 3.54. The summed E-state index contributed by atoms with van der Waals surface area (Å²) < 4.78 is 5.08. The van der Waals surface area contributed by atoms with Gasteiger partial charge in [-0.2, -0.15) is 0 Å². The maximum atomic E-state index is 12.8. The number of amidine groups is 1. The highest BCUT2D eigenvalue weighted by molar-refractivity contribution is 8.16. The van der Waals surface area contributed by atoms with E-state index in [-0.39, 0.29) is 12.3 Å². The lowest BCUT2D eigenvalue weighted by atomic mass is 9.94. The third-order valence-electron chi connectivity index (χ3n) is 6.42. The standard InChI is InChI=1S/C24H29ClN4O3S/c1-15-21(23(31)32-3)22(18-8-4-5-9-19(18)25)29-17(14-33-24(29)27-15)13-20(30)26-11-10-16-7-6-12-28(16)2/h4-5,8-9,14,16,22H,6-7,10-13H2,1-3H3,(H,26,30)/t16-,22-/m1/s1. The van der Waals surface area contributed by atoms with Gasteiger partial charge < -0.3 is 19.9 Å². The number of nitrogens with one attached hydrogen (secondary N) is 1. The summed E-state index contributed by atoms with van der Waals surface area (Å²) in [5.74, 6) is -0.505. The number of esters is 1. The summed E-state index contributed by atoms with van der Waals surface area (Å²) in [5.41, 5.74) is 2.56. The van der Waals surface area contributed by atoms with Gasteiger partial charge in [-0.05, 0) is 56.8 Å². The van der Waals surface area contributed by atoms with Gasteiger partial charge in [-0.15, -0.1) is 0 Å². The van der Waals surface area contributed by atoms with Crippen molar-refractivity contribution in [2.24, 2.45) is 4.99 Å². The Hall–Kier alpha value is -2.29. The number of carbonyl (C=O) groups is 2. The molecule has 1 aromatic rings. The van der Waals surface area contributed by atoms with Gasteiger partial charge in [0, 0.05) is 23.3 Å². The lowest BCUT2D eigenvalue weighted by Crippen LogP contribution is -2.38. The Labute approximate surface area is 203 Å². The Morgan fingerprint density at radius 3 is 2.82 bits per heavy atom. The first-order valence-electron chi connectivity index (χ1n) is 11.1. The van der Waals surface area contributed by atoms with Gasteiger partial charge in [-0.3, -0.25) is 4.79 Å². The Morgan fingerprint density at radius 1 is 1.33 bits per heavy atom. The van der Waals surface area contributed by atoms with Crippen LogP contribution in [0.25, 0.3) is 0 Å². The zero-order valence-corrected chi connectivity index (χ0v) is 20.7. The molecule has 7 nitrogen and oxygen atoms in total. The van der Waals surface area contributed by atoms with E-state index in [0.29, 0.717) is 28.9 Å². The molecule has 0 aliphatic carbocycles. The summed E-state index contributed by atoms with van der Waals surface area (Å²) in [7, 11) is 3.50. The average Bonchev–Trinajstić information content (AvgIpc) is 3.38. The minimum Gasteiger partial charge on any atom is -0.466 e. The number of hydrogen-bond acceptors (Lipinski definition) is 7. The van der Waals surface area contributed by atoms with E-state index in [1.807, 2.05) is 28.5 Å². The van der Waals surface area contributed by atoms with Crippen molar-refractivity contribution in [3.8, 4) is 0 Å². The molecule has 33 heavy (non-hydrogen) atoms. The maximum absolute atomic E-state index is 12.8. The van der Waals surface area contributed by atoms with Crippen molar-refractivity contribution in [1.82, 2.24) is 15.1 Å². The second kappa shape index (κ2) is 10.3. The molecule has 4 rings (SSSR count). The van der Waals surface area contributed by atoms with Crippen LogP contribution in [0, 0.1) is 0 Å². The molecule has 176 valence electrons. The third kappa shape index (κ3) is 4.98. The number of ether oxygens (including phenoxy) is 1. The molecule has 0 unspecified atom stereocenters. The van der Waals surface area contributed by atoms with E-state index in [2.05, 4.69) is 22.3 Å². The first-order chi connectivity index (χ1) is 15.9. The second-order valence-corrected chi connectivity index (χ2v) is 9.74. The van der Waals surface area contributed by atoms with Crippen LogP contribution in [-0.4, -0.2) is 60.1 Å². The van der Waals surface area contributed by atoms with E-state index in [1.165, 1.54) is 31.7 Å². The number of thioether (sulfide) groups is 1. The van der Waals surface area contributed by atoms with Crippen LogP contribution in [0.5, 0.6) is 0 Å². The van der Waals surface area contributed by atoms with E-state index in [0.717, 1.165) is 29.4 Å². The highest BCUT2D eigenvalue weighted by atomic mass is 35.5. The van der Waals surface area contributed by atoms with Crippen LogP contribution >= 0.6 is 23.4 Å². The Bertz CT molecular complexity index is 1040. The molecule has 1 fully saturated rings. The van der Waals surface area contributed by atoms with E-state index in [1.54, 1.807) is 13.0 Å². The van der Waals surface area contributed by atoms with Gasteiger partial charge in [0.15, 0.2) is 5.17 Å². The number of methoxy groups -OCH3 is 1. The van der Waals surface area contributed by atoms with Gasteiger partial charge in [0.25, 0.3) is 0 Å². The van der Waals surface area contributed by atoms with Crippen molar-refractivity contribution in [1.29, 1.82) is 0 Å². The van der Waals surface area contributed by atoms with Crippen molar-refractivity contribution >= 4 is 40.4 Å². The normalized spacial score (nSPS) is 22.7. The monoisotopic (exact) mass is 488 g/mol. The fourth-order valence-corrected chi connectivity index (χ4v) is 5.88. The van der Waals surface area contributed by atoms with Gasteiger partial charge in [0.2, 0.25) is 5.91 Å². The number of carbonyl (C=O) groups excluding carboxylic acids is 2. The molecule has 3 heterocycles. The number of benzene rings is 1. The molecule has 3 aliphatic heterocycles. The number of amides is 1. The molecule has 0 bridgehead atoms. The first-order valence-corrected chi connectivity index (χ1v) is 12.4. The molecule has 0 spiro atoms. The van der Waals surface area contributed by atoms with E-state index < -0.39 is 12.0 Å². The SMILES string of the molecule is COC(=O)C1=C(C)N=C2SC=C(CC(=O)NCC[C@H]3CCCN3C)N2[C@@H]1c1ccccc1Cl. The lowest BCUT2D eigenvalue weighted by molar-refractivity contribution is -0.136. The average molecular weight is 489 g/mol. The lowest BCUT2D eigenvalue weighted by Gasteiger charge is -2.36. The molecular weight excluding hydrogens is 460 g/mol. The fraction of sp³-hybridized carbons (Fsp3) is 0.458. The van der Waals surface area contributed by atoms with Crippen molar-refractivity contribution in [3.05, 3.63) is 57.2 Å². The van der Waals surface area contributed by atoms with Crippen LogP contribution in [0.4, 0.5) is 0 Å². The van der Waals surface area contributed by atoms with Crippen molar-refractivity contribution < 1.29 is 14.3 Å². The molecule has 1 saturated heterocycles. The van der Waals surface area contributed by atoms with Gasteiger partial charge in [0.1, 0.15) is 0 Å². The number of fused-ring (bicyclic) bond motifs is 1. The number of likely N-dealkylation sites (tertiary alicyclic amines) is 1. The number of rotatable bonds is 7. The summed E-state index contributed by atoms with van der Waals surface area (Å²) >= 11 is 8.00.